The van der Waals surface area contributed by atoms with Crippen LogP contribution in [0.4, 0.5) is 0 Å². The number of benzene rings is 1. The molecule has 13 heteroatoms. The van der Waals surface area contributed by atoms with E-state index in [1.54, 1.807) is 0 Å². The summed E-state index contributed by atoms with van der Waals surface area (Å²) in [7, 11) is 0. The van der Waals surface area contributed by atoms with Crippen molar-refractivity contribution in [2.45, 2.75) is 12.8 Å². The predicted octanol–water partition coefficient (Wildman–Crippen LogP) is 1.63. The van der Waals surface area contributed by atoms with E-state index in [-0.39, 0.29) is 29.1 Å². The lowest BCUT2D eigenvalue weighted by Gasteiger charge is -2.16. The molecule has 1 aromatic carbocycles. The van der Waals surface area contributed by atoms with Crippen LogP contribution in [-0.4, -0.2) is 95.9 Å². The molecule has 2 aromatic rings. The summed E-state index contributed by atoms with van der Waals surface area (Å²) < 4.78 is 38.8. The highest BCUT2D eigenvalue weighted by atomic mass is 16.6. The van der Waals surface area contributed by atoms with Crippen LogP contribution < -0.4 is 27.5 Å². The summed E-state index contributed by atoms with van der Waals surface area (Å²) in [5.74, 6) is 6.26. The number of nitrogens with two attached hydrogens (primary N) is 3. The Balaban J connectivity index is 1.31. The summed E-state index contributed by atoms with van der Waals surface area (Å²) in [6, 6.07) is 4.33. The molecule has 1 aliphatic rings. The first kappa shape index (κ1) is 34.1. The van der Waals surface area contributed by atoms with E-state index in [0.717, 1.165) is 18.4 Å². The van der Waals surface area contributed by atoms with Crippen molar-refractivity contribution in [2.24, 2.45) is 17.3 Å². The van der Waals surface area contributed by atoms with Gasteiger partial charge < -0.3 is 54.4 Å². The molecule has 1 aromatic heterocycles. The van der Waals surface area contributed by atoms with Gasteiger partial charge in [-0.25, -0.2) is 5.84 Å². The Hall–Kier alpha value is -3.43. The third kappa shape index (κ3) is 12.4. The molecular formula is C30H44N4O9. The lowest BCUT2D eigenvalue weighted by molar-refractivity contribution is -0.0112. The highest BCUT2D eigenvalue weighted by Crippen LogP contribution is 2.35. The largest absolute Gasteiger partial charge is 0.504 e. The highest BCUT2D eigenvalue weighted by Gasteiger charge is 2.16. The molecule has 0 radical (unpaired) electrons. The summed E-state index contributed by atoms with van der Waals surface area (Å²) >= 11 is 0. The zero-order chi connectivity index (χ0) is 30.7. The summed E-state index contributed by atoms with van der Waals surface area (Å²) in [6.45, 7) is 5.46. The minimum atomic E-state index is -0.237. The Labute approximate surface area is 251 Å². The van der Waals surface area contributed by atoms with Gasteiger partial charge in [0.05, 0.1) is 83.7 Å². The van der Waals surface area contributed by atoms with Gasteiger partial charge in [0, 0.05) is 24.4 Å². The van der Waals surface area contributed by atoms with Gasteiger partial charge >= 0.3 is 0 Å². The third-order valence-corrected chi connectivity index (χ3v) is 6.07. The molecule has 0 saturated carbocycles. The SMILES string of the molecule is NCCOCCOCCOCCOCCOCCN(N)/C=C(\N)COc1c(O)ccc2c(=O)cc(C3=CCCC=C3)oc12. The quantitative estimate of drug-likeness (QED) is 0.0863. The molecule has 3 rings (SSSR count). The average molecular weight is 605 g/mol. The number of hydrazine groups is 1. The highest BCUT2D eigenvalue weighted by molar-refractivity contribution is 5.87. The van der Waals surface area contributed by atoms with E-state index in [9.17, 15) is 9.90 Å². The fourth-order valence-electron chi connectivity index (χ4n) is 3.97. The molecule has 0 saturated heterocycles. The molecule has 7 N–H and O–H groups in total. The van der Waals surface area contributed by atoms with Gasteiger partial charge in [-0.2, -0.15) is 0 Å². The van der Waals surface area contributed by atoms with Crippen molar-refractivity contribution in [3.05, 3.63) is 64.3 Å². The average Bonchev–Trinajstić information content (AvgIpc) is 3.00. The normalized spacial score (nSPS) is 13.4. The maximum absolute atomic E-state index is 12.7. The summed E-state index contributed by atoms with van der Waals surface area (Å²) in [6.07, 6.45) is 9.22. The summed E-state index contributed by atoms with van der Waals surface area (Å²) in [4.78, 5) is 12.7. The molecule has 0 aliphatic heterocycles. The van der Waals surface area contributed by atoms with Crippen LogP contribution in [0.25, 0.3) is 16.5 Å². The second-order valence-corrected chi connectivity index (χ2v) is 9.49. The van der Waals surface area contributed by atoms with Crippen LogP contribution in [0.3, 0.4) is 0 Å². The lowest BCUT2D eigenvalue weighted by atomic mass is 10.0. The molecule has 238 valence electrons. The van der Waals surface area contributed by atoms with Crippen LogP contribution in [0.2, 0.25) is 0 Å². The van der Waals surface area contributed by atoms with Crippen molar-refractivity contribution in [3.8, 4) is 11.5 Å². The van der Waals surface area contributed by atoms with Crippen molar-refractivity contribution in [1.82, 2.24) is 5.01 Å². The number of phenols is 1. The van der Waals surface area contributed by atoms with Crippen molar-refractivity contribution < 1.29 is 37.9 Å². The second-order valence-electron chi connectivity index (χ2n) is 9.49. The van der Waals surface area contributed by atoms with Crippen molar-refractivity contribution in [3.63, 3.8) is 0 Å². The zero-order valence-electron chi connectivity index (χ0n) is 24.5. The third-order valence-electron chi connectivity index (χ3n) is 6.07. The van der Waals surface area contributed by atoms with Crippen LogP contribution in [-0.2, 0) is 23.7 Å². The van der Waals surface area contributed by atoms with Gasteiger partial charge in [-0.3, -0.25) is 4.79 Å². The molecule has 13 nitrogen and oxygen atoms in total. The van der Waals surface area contributed by atoms with Crippen LogP contribution in [0, 0.1) is 0 Å². The first-order valence-corrected chi connectivity index (χ1v) is 14.4. The molecule has 0 bridgehead atoms. The zero-order valence-corrected chi connectivity index (χ0v) is 24.5. The molecule has 0 spiro atoms. The molecular weight excluding hydrogens is 560 g/mol. The Kier molecular flexibility index (Phi) is 15.6. The first-order chi connectivity index (χ1) is 21.0. The number of hydrogen-bond donors (Lipinski definition) is 4. The van der Waals surface area contributed by atoms with E-state index < -0.39 is 0 Å². The van der Waals surface area contributed by atoms with Gasteiger partial charge in [0.15, 0.2) is 16.8 Å². The Morgan fingerprint density at radius 2 is 1.56 bits per heavy atom. The number of nitrogens with zero attached hydrogens (tertiary/aromatic N) is 1. The van der Waals surface area contributed by atoms with E-state index in [2.05, 4.69) is 0 Å². The van der Waals surface area contributed by atoms with Crippen molar-refractivity contribution in [2.75, 3.05) is 85.8 Å². The van der Waals surface area contributed by atoms with Crippen LogP contribution in [0.5, 0.6) is 11.5 Å². The van der Waals surface area contributed by atoms with Gasteiger partial charge in [0.25, 0.3) is 0 Å². The molecule has 0 amide bonds. The van der Waals surface area contributed by atoms with E-state index in [1.165, 1.54) is 29.4 Å². The number of fused-ring (bicyclic) bond motifs is 1. The fourth-order valence-corrected chi connectivity index (χ4v) is 3.97. The number of ether oxygens (including phenoxy) is 6. The molecule has 1 aliphatic carbocycles. The molecule has 1 heterocycles. The minimum absolute atomic E-state index is 0.0305. The van der Waals surface area contributed by atoms with Crippen molar-refractivity contribution in [1.29, 1.82) is 0 Å². The number of allylic oxidation sites excluding steroid dienone is 4. The summed E-state index contributed by atoms with van der Waals surface area (Å²) in [5.41, 5.74) is 12.4. The van der Waals surface area contributed by atoms with Gasteiger partial charge in [0.1, 0.15) is 12.4 Å². The van der Waals surface area contributed by atoms with Crippen LogP contribution in [0.1, 0.15) is 18.6 Å². The van der Waals surface area contributed by atoms with E-state index >= 15 is 0 Å². The van der Waals surface area contributed by atoms with Gasteiger partial charge in [-0.1, -0.05) is 18.2 Å². The molecule has 0 fully saturated rings. The smallest absolute Gasteiger partial charge is 0.205 e. The Morgan fingerprint density at radius 1 is 0.930 bits per heavy atom. The number of aromatic hydroxyl groups is 1. The predicted molar refractivity (Wildman–Crippen MR) is 162 cm³/mol. The second kappa shape index (κ2) is 19.7. The maximum atomic E-state index is 12.7. The summed E-state index contributed by atoms with van der Waals surface area (Å²) in [5, 5.41) is 12.1. The topological polar surface area (TPSA) is 187 Å². The van der Waals surface area contributed by atoms with Crippen LogP contribution in [0.15, 0.2) is 57.5 Å². The standard InChI is InChI=1S/C30H44N4O9/c31-8-10-37-12-14-39-16-18-41-19-17-40-15-13-38-11-9-34(33)21-24(32)22-42-30-26(35)7-6-25-27(36)20-28(43-29(25)30)23-4-2-1-3-5-23/h2,4-7,20-21,35H,1,3,8-19,22,31-33H2/b24-21-. The molecule has 43 heavy (non-hydrogen) atoms. The number of hydrogen-bond acceptors (Lipinski definition) is 13. The van der Waals surface area contributed by atoms with E-state index in [0.29, 0.717) is 96.0 Å². The van der Waals surface area contributed by atoms with Gasteiger partial charge in [0.2, 0.25) is 5.75 Å². The molecule has 0 unspecified atom stereocenters. The van der Waals surface area contributed by atoms with Crippen LogP contribution >= 0.6 is 0 Å². The Morgan fingerprint density at radius 3 is 2.16 bits per heavy atom. The van der Waals surface area contributed by atoms with E-state index in [4.69, 9.17) is 50.1 Å². The fraction of sp³-hybridized carbons (Fsp3) is 0.500. The number of phenolic OH excluding ortho intramolecular Hbond substituents is 1. The van der Waals surface area contributed by atoms with Gasteiger partial charge in [-0.15, -0.1) is 0 Å². The minimum Gasteiger partial charge on any atom is -0.504 e. The van der Waals surface area contributed by atoms with Gasteiger partial charge in [-0.05, 0) is 25.0 Å². The Bertz CT molecular complexity index is 1260. The lowest BCUT2D eigenvalue weighted by Crippen LogP contribution is -2.31. The monoisotopic (exact) mass is 604 g/mol. The number of rotatable bonds is 22. The van der Waals surface area contributed by atoms with Crippen molar-refractivity contribution >= 4 is 16.5 Å². The maximum Gasteiger partial charge on any atom is 0.205 e. The molecule has 0 atom stereocenters. The van der Waals surface area contributed by atoms with E-state index in [1.807, 2.05) is 18.2 Å². The first-order valence-electron chi connectivity index (χ1n) is 14.4.